The van der Waals surface area contributed by atoms with Gasteiger partial charge in [0, 0.05) is 10.6 Å². The molecule has 1 aromatic rings. The summed E-state index contributed by atoms with van der Waals surface area (Å²) in [5.74, 6) is 0.751. The Hall–Kier alpha value is -0.470. The van der Waals surface area contributed by atoms with Crippen LogP contribution in [0.3, 0.4) is 0 Å². The lowest BCUT2D eigenvalue weighted by atomic mass is 10.4. The first kappa shape index (κ1) is 7.63. The van der Waals surface area contributed by atoms with Crippen LogP contribution in [0.15, 0.2) is 29.2 Å². The molecular weight excluding hydrogens is 144 g/mol. The SMILES string of the molecule is OCCSc1[c]cccc1. The third-order valence-corrected chi connectivity index (χ3v) is 1.98. The fourth-order valence-corrected chi connectivity index (χ4v) is 1.26. The maximum atomic E-state index is 8.49. The molecule has 0 unspecified atom stereocenters. The molecule has 53 valence electrons. The Kier molecular flexibility index (Phi) is 3.33. The summed E-state index contributed by atoms with van der Waals surface area (Å²) < 4.78 is 0. The Morgan fingerprint density at radius 1 is 1.50 bits per heavy atom. The van der Waals surface area contributed by atoms with E-state index in [0.29, 0.717) is 0 Å². The van der Waals surface area contributed by atoms with Crippen molar-refractivity contribution in [3.8, 4) is 0 Å². The minimum atomic E-state index is 0.230. The van der Waals surface area contributed by atoms with E-state index in [2.05, 4.69) is 6.07 Å². The van der Waals surface area contributed by atoms with E-state index < -0.39 is 0 Å². The number of aliphatic hydroxyl groups is 1. The maximum Gasteiger partial charge on any atom is 0.0525 e. The van der Waals surface area contributed by atoms with Crippen LogP contribution in [0.25, 0.3) is 0 Å². The molecule has 0 aliphatic heterocycles. The van der Waals surface area contributed by atoms with Crippen molar-refractivity contribution in [2.75, 3.05) is 12.4 Å². The van der Waals surface area contributed by atoms with Gasteiger partial charge in [0.15, 0.2) is 0 Å². The van der Waals surface area contributed by atoms with Gasteiger partial charge in [-0.1, -0.05) is 18.2 Å². The summed E-state index contributed by atoms with van der Waals surface area (Å²) in [6, 6.07) is 10.8. The van der Waals surface area contributed by atoms with Gasteiger partial charge in [0.05, 0.1) is 6.61 Å². The number of aliphatic hydroxyl groups excluding tert-OH is 1. The van der Waals surface area contributed by atoms with Gasteiger partial charge in [-0.2, -0.15) is 0 Å². The number of thioether (sulfide) groups is 1. The molecule has 1 rings (SSSR count). The van der Waals surface area contributed by atoms with Crippen LogP contribution in [0, 0.1) is 6.07 Å². The van der Waals surface area contributed by atoms with Crippen LogP contribution >= 0.6 is 11.8 Å². The Morgan fingerprint density at radius 3 is 3.00 bits per heavy atom. The van der Waals surface area contributed by atoms with Crippen molar-refractivity contribution in [1.29, 1.82) is 0 Å². The highest BCUT2D eigenvalue weighted by Gasteiger charge is 1.88. The van der Waals surface area contributed by atoms with Crippen molar-refractivity contribution in [2.45, 2.75) is 4.90 Å². The molecule has 1 aromatic carbocycles. The molecule has 2 heteroatoms. The molecule has 1 radical (unpaired) electrons. The fraction of sp³-hybridized carbons (Fsp3) is 0.250. The first-order chi connectivity index (χ1) is 4.93. The van der Waals surface area contributed by atoms with Crippen molar-refractivity contribution in [1.82, 2.24) is 0 Å². The molecule has 0 saturated carbocycles. The molecule has 1 N–H and O–H groups in total. The summed E-state index contributed by atoms with van der Waals surface area (Å²) >= 11 is 1.61. The summed E-state index contributed by atoms with van der Waals surface area (Å²) in [6.45, 7) is 0.230. The summed E-state index contributed by atoms with van der Waals surface area (Å²) in [5, 5.41) is 8.49. The summed E-state index contributed by atoms with van der Waals surface area (Å²) in [6.07, 6.45) is 0. The van der Waals surface area contributed by atoms with Crippen LogP contribution in [0.5, 0.6) is 0 Å². The van der Waals surface area contributed by atoms with E-state index in [1.54, 1.807) is 11.8 Å². The van der Waals surface area contributed by atoms with E-state index >= 15 is 0 Å². The molecule has 0 heterocycles. The molecule has 0 bridgehead atoms. The molecule has 0 spiro atoms. The van der Waals surface area contributed by atoms with Gasteiger partial charge in [0.2, 0.25) is 0 Å². The topological polar surface area (TPSA) is 20.2 Å². The minimum absolute atomic E-state index is 0.230. The average molecular weight is 153 g/mol. The lowest BCUT2D eigenvalue weighted by molar-refractivity contribution is 0.322. The molecular formula is C8H9OS. The molecule has 0 aromatic heterocycles. The molecule has 0 atom stereocenters. The first-order valence-corrected chi connectivity index (χ1v) is 4.12. The lowest BCUT2D eigenvalue weighted by Crippen LogP contribution is -1.84. The second kappa shape index (κ2) is 4.36. The van der Waals surface area contributed by atoms with Gasteiger partial charge < -0.3 is 5.11 Å². The third kappa shape index (κ3) is 2.42. The number of hydrogen-bond donors (Lipinski definition) is 1. The predicted molar refractivity (Wildman–Crippen MR) is 43.1 cm³/mol. The highest BCUT2D eigenvalue weighted by atomic mass is 32.2. The van der Waals surface area contributed by atoms with Crippen LogP contribution < -0.4 is 0 Å². The summed E-state index contributed by atoms with van der Waals surface area (Å²) in [4.78, 5) is 1.09. The minimum Gasteiger partial charge on any atom is -0.396 e. The maximum absolute atomic E-state index is 8.49. The van der Waals surface area contributed by atoms with Gasteiger partial charge in [0.1, 0.15) is 0 Å². The van der Waals surface area contributed by atoms with Crippen LogP contribution in [-0.4, -0.2) is 17.5 Å². The molecule has 0 aliphatic carbocycles. The number of benzene rings is 1. The van der Waals surface area contributed by atoms with Crippen molar-refractivity contribution >= 4 is 11.8 Å². The zero-order chi connectivity index (χ0) is 7.23. The zero-order valence-electron chi connectivity index (χ0n) is 5.58. The lowest BCUT2D eigenvalue weighted by Gasteiger charge is -1.95. The Labute approximate surface area is 65.1 Å². The molecule has 0 saturated heterocycles. The smallest absolute Gasteiger partial charge is 0.0525 e. The van der Waals surface area contributed by atoms with Crippen molar-refractivity contribution in [3.63, 3.8) is 0 Å². The van der Waals surface area contributed by atoms with E-state index in [0.717, 1.165) is 10.6 Å². The van der Waals surface area contributed by atoms with Gasteiger partial charge in [-0.25, -0.2) is 0 Å². The van der Waals surface area contributed by atoms with Crippen molar-refractivity contribution < 1.29 is 5.11 Å². The van der Waals surface area contributed by atoms with E-state index in [-0.39, 0.29) is 6.61 Å². The van der Waals surface area contributed by atoms with Gasteiger partial charge in [-0.05, 0) is 12.1 Å². The Bertz CT molecular complexity index is 174. The van der Waals surface area contributed by atoms with Crippen LogP contribution in [0.2, 0.25) is 0 Å². The zero-order valence-corrected chi connectivity index (χ0v) is 6.40. The molecule has 0 amide bonds. The van der Waals surface area contributed by atoms with Crippen molar-refractivity contribution in [3.05, 3.63) is 30.3 Å². The monoisotopic (exact) mass is 153 g/mol. The van der Waals surface area contributed by atoms with Gasteiger partial charge in [-0.15, -0.1) is 11.8 Å². The summed E-state index contributed by atoms with van der Waals surface area (Å²) in [5.41, 5.74) is 0. The number of rotatable bonds is 3. The Balaban J connectivity index is 2.43. The molecule has 0 fully saturated rings. The number of hydrogen-bond acceptors (Lipinski definition) is 2. The molecule has 1 nitrogen and oxygen atoms in total. The fourth-order valence-electron chi connectivity index (χ4n) is 0.622. The quantitative estimate of drug-likeness (QED) is 0.665. The highest BCUT2D eigenvalue weighted by Crippen LogP contribution is 2.14. The van der Waals surface area contributed by atoms with Crippen LogP contribution in [-0.2, 0) is 0 Å². The van der Waals surface area contributed by atoms with E-state index in [4.69, 9.17) is 5.11 Å². The second-order valence-electron chi connectivity index (χ2n) is 1.80. The van der Waals surface area contributed by atoms with E-state index in [9.17, 15) is 0 Å². The Morgan fingerprint density at radius 2 is 2.40 bits per heavy atom. The predicted octanol–water partition coefficient (Wildman–Crippen LogP) is 1.57. The second-order valence-corrected chi connectivity index (χ2v) is 2.94. The van der Waals surface area contributed by atoms with Crippen LogP contribution in [0.4, 0.5) is 0 Å². The normalized spacial score (nSPS) is 9.70. The molecule has 0 aliphatic rings. The largest absolute Gasteiger partial charge is 0.396 e. The summed E-state index contributed by atoms with van der Waals surface area (Å²) in [7, 11) is 0. The standard InChI is InChI=1S/C8H9OS/c9-6-7-10-8-4-2-1-3-5-8/h1-4,9H,6-7H2. The van der Waals surface area contributed by atoms with Crippen molar-refractivity contribution in [2.24, 2.45) is 0 Å². The van der Waals surface area contributed by atoms with E-state index in [1.165, 1.54) is 0 Å². The molecule has 10 heavy (non-hydrogen) atoms. The van der Waals surface area contributed by atoms with Gasteiger partial charge >= 0.3 is 0 Å². The average Bonchev–Trinajstić information content (AvgIpc) is 2.03. The van der Waals surface area contributed by atoms with Gasteiger partial charge in [0.25, 0.3) is 0 Å². The third-order valence-electron chi connectivity index (χ3n) is 1.03. The van der Waals surface area contributed by atoms with Crippen LogP contribution in [0.1, 0.15) is 0 Å². The first-order valence-electron chi connectivity index (χ1n) is 3.14. The van der Waals surface area contributed by atoms with Gasteiger partial charge in [-0.3, -0.25) is 0 Å². The van der Waals surface area contributed by atoms with E-state index in [1.807, 2.05) is 24.3 Å². The highest BCUT2D eigenvalue weighted by molar-refractivity contribution is 7.99.